The van der Waals surface area contributed by atoms with E-state index in [0.29, 0.717) is 5.92 Å². The SMILES string of the molecule is CC1CC(C)(C)CC(c2ccc(Oc3ccc(N)cc3)cc2)(c2ccc(Oc3ccc(N)cc3)cc2)C1. The van der Waals surface area contributed by atoms with Crippen molar-refractivity contribution in [3.05, 3.63) is 108 Å². The van der Waals surface area contributed by atoms with Crippen LogP contribution in [0, 0.1) is 11.3 Å². The summed E-state index contributed by atoms with van der Waals surface area (Å²) in [7, 11) is 0. The molecule has 5 rings (SSSR count). The molecule has 0 amide bonds. The lowest BCUT2D eigenvalue weighted by atomic mass is 9.55. The molecule has 0 spiro atoms. The third-order valence-corrected chi connectivity index (χ3v) is 7.42. The van der Waals surface area contributed by atoms with Crippen LogP contribution in [-0.4, -0.2) is 0 Å². The second-order valence-electron chi connectivity index (χ2n) is 11.3. The van der Waals surface area contributed by atoms with E-state index in [-0.39, 0.29) is 10.8 Å². The van der Waals surface area contributed by atoms with E-state index < -0.39 is 0 Å². The zero-order valence-corrected chi connectivity index (χ0v) is 21.9. The number of anilines is 2. The maximum Gasteiger partial charge on any atom is 0.127 e. The molecule has 1 unspecified atom stereocenters. The van der Waals surface area contributed by atoms with E-state index in [0.717, 1.165) is 47.2 Å². The van der Waals surface area contributed by atoms with Crippen LogP contribution in [-0.2, 0) is 5.41 Å². The first-order valence-electron chi connectivity index (χ1n) is 13.0. The van der Waals surface area contributed by atoms with Crippen molar-refractivity contribution in [2.75, 3.05) is 11.5 Å². The van der Waals surface area contributed by atoms with Gasteiger partial charge in [-0.25, -0.2) is 0 Å². The third kappa shape index (κ3) is 5.59. The number of benzene rings is 4. The molecule has 0 aliphatic heterocycles. The van der Waals surface area contributed by atoms with Gasteiger partial charge in [-0.2, -0.15) is 0 Å². The molecule has 4 aromatic carbocycles. The van der Waals surface area contributed by atoms with Crippen LogP contribution < -0.4 is 20.9 Å². The molecule has 0 saturated heterocycles. The van der Waals surface area contributed by atoms with Crippen molar-refractivity contribution in [1.82, 2.24) is 0 Å². The number of ether oxygens (including phenoxy) is 2. The molecular formula is C33H36N2O2. The van der Waals surface area contributed by atoms with Gasteiger partial charge in [-0.05, 0) is 115 Å². The molecule has 190 valence electrons. The van der Waals surface area contributed by atoms with Gasteiger partial charge >= 0.3 is 0 Å². The van der Waals surface area contributed by atoms with Crippen molar-refractivity contribution >= 4 is 11.4 Å². The molecule has 0 bridgehead atoms. The minimum absolute atomic E-state index is 0.0827. The molecule has 4 aromatic rings. The number of hydrogen-bond donors (Lipinski definition) is 2. The van der Waals surface area contributed by atoms with Crippen molar-refractivity contribution in [3.8, 4) is 23.0 Å². The quantitative estimate of drug-likeness (QED) is 0.264. The van der Waals surface area contributed by atoms with Crippen LogP contribution in [0.25, 0.3) is 0 Å². The van der Waals surface area contributed by atoms with Crippen LogP contribution in [0.3, 0.4) is 0 Å². The van der Waals surface area contributed by atoms with Crippen molar-refractivity contribution in [3.63, 3.8) is 0 Å². The number of hydrogen-bond acceptors (Lipinski definition) is 4. The fourth-order valence-electron chi connectivity index (χ4n) is 6.21. The monoisotopic (exact) mass is 492 g/mol. The van der Waals surface area contributed by atoms with Gasteiger partial charge in [-0.15, -0.1) is 0 Å². The van der Waals surface area contributed by atoms with Gasteiger partial charge in [0.15, 0.2) is 0 Å². The predicted octanol–water partition coefficient (Wildman–Crippen LogP) is 8.57. The minimum atomic E-state index is -0.0827. The lowest BCUT2D eigenvalue weighted by molar-refractivity contribution is 0.127. The normalized spacial score (nSPS) is 18.2. The average Bonchev–Trinajstić information content (AvgIpc) is 2.86. The van der Waals surface area contributed by atoms with Gasteiger partial charge < -0.3 is 20.9 Å². The zero-order chi connectivity index (χ0) is 26.0. The van der Waals surface area contributed by atoms with E-state index in [2.05, 4.69) is 69.3 Å². The first kappa shape index (κ1) is 24.8. The summed E-state index contributed by atoms with van der Waals surface area (Å²) >= 11 is 0. The predicted molar refractivity (Wildman–Crippen MR) is 152 cm³/mol. The Balaban J connectivity index is 1.45. The maximum absolute atomic E-state index is 6.08. The third-order valence-electron chi connectivity index (χ3n) is 7.42. The van der Waals surface area contributed by atoms with E-state index in [9.17, 15) is 0 Å². The molecule has 0 radical (unpaired) electrons. The molecule has 1 fully saturated rings. The minimum Gasteiger partial charge on any atom is -0.457 e. The Labute approximate surface area is 220 Å². The van der Waals surface area contributed by atoms with Crippen molar-refractivity contribution in [2.24, 2.45) is 11.3 Å². The fourth-order valence-corrected chi connectivity index (χ4v) is 6.21. The zero-order valence-electron chi connectivity index (χ0n) is 21.9. The van der Waals surface area contributed by atoms with E-state index in [4.69, 9.17) is 20.9 Å². The lowest BCUT2D eigenvalue weighted by Crippen LogP contribution is -2.41. The molecule has 1 atom stereocenters. The molecule has 37 heavy (non-hydrogen) atoms. The number of nitrogens with two attached hydrogens (primary N) is 2. The number of nitrogen functional groups attached to an aromatic ring is 2. The van der Waals surface area contributed by atoms with Gasteiger partial charge in [-0.1, -0.05) is 45.0 Å². The molecule has 4 nitrogen and oxygen atoms in total. The molecule has 1 saturated carbocycles. The topological polar surface area (TPSA) is 70.5 Å². The van der Waals surface area contributed by atoms with Gasteiger partial charge in [0.2, 0.25) is 0 Å². The van der Waals surface area contributed by atoms with Gasteiger partial charge in [-0.3, -0.25) is 0 Å². The highest BCUT2D eigenvalue weighted by Gasteiger charge is 2.45. The molecule has 4 heteroatoms. The molecule has 0 heterocycles. The Hall–Kier alpha value is -3.92. The van der Waals surface area contributed by atoms with Crippen molar-refractivity contribution in [1.29, 1.82) is 0 Å². The Morgan fingerprint density at radius 3 is 1.27 bits per heavy atom. The Morgan fingerprint density at radius 2 is 0.919 bits per heavy atom. The van der Waals surface area contributed by atoms with E-state index >= 15 is 0 Å². The lowest BCUT2D eigenvalue weighted by Gasteiger charge is -2.48. The summed E-state index contributed by atoms with van der Waals surface area (Å²) in [4.78, 5) is 0. The van der Waals surface area contributed by atoms with Gasteiger partial charge in [0.25, 0.3) is 0 Å². The van der Waals surface area contributed by atoms with Gasteiger partial charge in [0.1, 0.15) is 23.0 Å². The summed E-state index contributed by atoms with van der Waals surface area (Å²) < 4.78 is 12.2. The summed E-state index contributed by atoms with van der Waals surface area (Å²) in [6.45, 7) is 7.18. The summed E-state index contributed by atoms with van der Waals surface area (Å²) in [6, 6.07) is 32.2. The van der Waals surface area contributed by atoms with Gasteiger partial charge in [0.05, 0.1) is 0 Å². The number of rotatable bonds is 6. The summed E-state index contributed by atoms with van der Waals surface area (Å²) in [6.07, 6.45) is 3.42. The Kier molecular flexibility index (Phi) is 6.59. The maximum atomic E-state index is 6.08. The van der Waals surface area contributed by atoms with Crippen LogP contribution in [0.15, 0.2) is 97.1 Å². The molecule has 0 aromatic heterocycles. The van der Waals surface area contributed by atoms with Crippen LogP contribution in [0.1, 0.15) is 51.2 Å². The van der Waals surface area contributed by atoms with Crippen LogP contribution in [0.4, 0.5) is 11.4 Å². The van der Waals surface area contributed by atoms with E-state index in [1.165, 1.54) is 17.5 Å². The highest BCUT2D eigenvalue weighted by atomic mass is 16.5. The molecule has 1 aliphatic carbocycles. The largest absolute Gasteiger partial charge is 0.457 e. The standard InChI is InChI=1S/C33H36N2O2/c1-23-20-32(2,3)22-33(21-23,24-4-12-28(13-5-24)36-30-16-8-26(34)9-17-30)25-6-14-29(15-7-25)37-31-18-10-27(35)11-19-31/h4-19,23H,20-22,34-35H2,1-3H3. The first-order valence-corrected chi connectivity index (χ1v) is 13.0. The van der Waals surface area contributed by atoms with E-state index in [1.54, 1.807) is 0 Å². The summed E-state index contributed by atoms with van der Waals surface area (Å²) in [5, 5.41) is 0. The summed E-state index contributed by atoms with van der Waals surface area (Å²) in [5.74, 6) is 3.81. The van der Waals surface area contributed by atoms with Crippen LogP contribution in [0.2, 0.25) is 0 Å². The van der Waals surface area contributed by atoms with Crippen LogP contribution in [0.5, 0.6) is 23.0 Å². The first-order chi connectivity index (χ1) is 17.7. The van der Waals surface area contributed by atoms with Crippen molar-refractivity contribution < 1.29 is 9.47 Å². The molecular weight excluding hydrogens is 456 g/mol. The molecule has 4 N–H and O–H groups in total. The van der Waals surface area contributed by atoms with E-state index in [1.807, 2.05) is 48.5 Å². The summed E-state index contributed by atoms with van der Waals surface area (Å²) in [5.41, 5.74) is 15.9. The Morgan fingerprint density at radius 1 is 0.568 bits per heavy atom. The fraction of sp³-hybridized carbons (Fsp3) is 0.273. The van der Waals surface area contributed by atoms with Crippen molar-refractivity contribution in [2.45, 2.75) is 45.4 Å². The average molecular weight is 493 g/mol. The molecule has 1 aliphatic rings. The van der Waals surface area contributed by atoms with Gasteiger partial charge in [0, 0.05) is 16.8 Å². The highest BCUT2D eigenvalue weighted by molar-refractivity contribution is 5.47. The van der Waals surface area contributed by atoms with Crippen LogP contribution >= 0.6 is 0 Å². The smallest absolute Gasteiger partial charge is 0.127 e. The Bertz CT molecular complexity index is 1230. The second kappa shape index (κ2) is 9.85. The highest BCUT2D eigenvalue weighted by Crippen LogP contribution is 2.53. The second-order valence-corrected chi connectivity index (χ2v) is 11.3.